The molecule has 3 rings (SSSR count). The maximum atomic E-state index is 11.8. The summed E-state index contributed by atoms with van der Waals surface area (Å²) in [7, 11) is 0. The van der Waals surface area contributed by atoms with Gasteiger partial charge >= 0.3 is 5.97 Å². The molecule has 2 fully saturated rings. The number of nitrogens with zero attached hydrogens (tertiary/aromatic N) is 3. The van der Waals surface area contributed by atoms with Crippen molar-refractivity contribution in [3.05, 3.63) is 11.9 Å². The summed E-state index contributed by atoms with van der Waals surface area (Å²) < 4.78 is 7.71. The lowest BCUT2D eigenvalue weighted by molar-refractivity contribution is -0.139. The van der Waals surface area contributed by atoms with Crippen LogP contribution >= 0.6 is 11.7 Å². The van der Waals surface area contributed by atoms with Crippen molar-refractivity contribution in [2.75, 3.05) is 13.1 Å². The quantitative estimate of drug-likeness (QED) is 0.765. The highest BCUT2D eigenvalue weighted by atomic mass is 32.1. The number of rotatable bonds is 7. The highest BCUT2D eigenvalue weighted by Crippen LogP contribution is 2.33. The van der Waals surface area contributed by atoms with Crippen molar-refractivity contribution >= 4 is 23.6 Å². The Kier molecular flexibility index (Phi) is 4.16. The monoisotopic (exact) mass is 310 g/mol. The number of aromatic nitrogens is 2. The third-order valence-electron chi connectivity index (χ3n) is 4.09. The highest BCUT2D eigenvalue weighted by molar-refractivity contribution is 6.99. The van der Waals surface area contributed by atoms with Gasteiger partial charge in [-0.1, -0.05) is 0 Å². The van der Waals surface area contributed by atoms with Crippen LogP contribution in [0.1, 0.15) is 36.2 Å². The third kappa shape index (κ3) is 3.76. The molecular formula is C13H18N4O3S. The molecule has 1 amide bonds. The summed E-state index contributed by atoms with van der Waals surface area (Å²) in [6.45, 7) is 0.964. The standard InChI is InChI=1S/C13H18N4O3S/c18-12(19)7-17(6-8-1-2-8)10-3-9(4-10)15-13(20)11-5-14-21-16-11/h5,8-10H,1-4,6-7H2,(H,15,20)(H,18,19). The van der Waals surface area contributed by atoms with Crippen LogP contribution in [0.25, 0.3) is 0 Å². The van der Waals surface area contributed by atoms with Gasteiger partial charge in [0, 0.05) is 18.6 Å². The van der Waals surface area contributed by atoms with Gasteiger partial charge in [-0.25, -0.2) is 0 Å². The summed E-state index contributed by atoms with van der Waals surface area (Å²) in [5.74, 6) is -0.310. The summed E-state index contributed by atoms with van der Waals surface area (Å²) >= 11 is 1.01. The maximum Gasteiger partial charge on any atom is 0.317 e. The van der Waals surface area contributed by atoms with Gasteiger partial charge in [-0.15, -0.1) is 0 Å². The van der Waals surface area contributed by atoms with E-state index in [4.69, 9.17) is 5.11 Å². The fourth-order valence-electron chi connectivity index (χ4n) is 2.68. The van der Waals surface area contributed by atoms with Gasteiger partial charge < -0.3 is 10.4 Å². The average molecular weight is 310 g/mol. The number of nitrogens with one attached hydrogen (secondary N) is 1. The number of amides is 1. The van der Waals surface area contributed by atoms with Gasteiger partial charge in [-0.3, -0.25) is 14.5 Å². The molecule has 2 aliphatic carbocycles. The molecule has 0 aliphatic heterocycles. The van der Waals surface area contributed by atoms with Crippen molar-refractivity contribution in [3.8, 4) is 0 Å². The second-order valence-corrected chi connectivity index (χ2v) is 6.41. The second kappa shape index (κ2) is 6.07. The second-order valence-electron chi connectivity index (χ2n) is 5.85. The van der Waals surface area contributed by atoms with E-state index in [1.54, 1.807) is 0 Å². The van der Waals surface area contributed by atoms with Crippen LogP contribution in [-0.2, 0) is 4.79 Å². The molecule has 114 valence electrons. The van der Waals surface area contributed by atoms with Crippen LogP contribution in [-0.4, -0.2) is 55.8 Å². The van der Waals surface area contributed by atoms with Crippen molar-refractivity contribution in [2.24, 2.45) is 5.92 Å². The lowest BCUT2D eigenvalue weighted by Crippen LogP contribution is -2.55. The summed E-state index contributed by atoms with van der Waals surface area (Å²) in [4.78, 5) is 24.8. The number of aliphatic carboxylic acids is 1. The predicted octanol–water partition coefficient (Wildman–Crippen LogP) is 0.595. The molecule has 8 heteroatoms. The van der Waals surface area contributed by atoms with Crippen molar-refractivity contribution in [2.45, 2.75) is 37.8 Å². The zero-order valence-corrected chi connectivity index (χ0v) is 12.4. The summed E-state index contributed by atoms with van der Waals surface area (Å²) in [6, 6.07) is 0.375. The molecule has 0 bridgehead atoms. The minimum Gasteiger partial charge on any atom is -0.480 e. The zero-order valence-electron chi connectivity index (χ0n) is 11.6. The van der Waals surface area contributed by atoms with Crippen LogP contribution in [0.15, 0.2) is 6.20 Å². The Balaban J connectivity index is 1.46. The Morgan fingerprint density at radius 3 is 2.76 bits per heavy atom. The fraction of sp³-hybridized carbons (Fsp3) is 0.692. The first-order valence-corrected chi connectivity index (χ1v) is 7.89. The van der Waals surface area contributed by atoms with Gasteiger partial charge in [-0.05, 0) is 31.6 Å². The Morgan fingerprint density at radius 1 is 1.43 bits per heavy atom. The molecule has 7 nitrogen and oxygen atoms in total. The molecular weight excluding hydrogens is 292 g/mol. The zero-order chi connectivity index (χ0) is 14.8. The Bertz CT molecular complexity index is 511. The largest absolute Gasteiger partial charge is 0.480 e. The van der Waals surface area contributed by atoms with E-state index in [1.807, 2.05) is 4.90 Å². The summed E-state index contributed by atoms with van der Waals surface area (Å²) in [5, 5.41) is 11.9. The van der Waals surface area contributed by atoms with E-state index >= 15 is 0 Å². The van der Waals surface area contributed by atoms with Crippen LogP contribution in [0.4, 0.5) is 0 Å². The van der Waals surface area contributed by atoms with E-state index in [2.05, 4.69) is 14.1 Å². The summed E-state index contributed by atoms with van der Waals surface area (Å²) in [6.07, 6.45) is 5.49. The van der Waals surface area contributed by atoms with Crippen LogP contribution in [0.3, 0.4) is 0 Å². The van der Waals surface area contributed by atoms with Crippen LogP contribution in [0.2, 0.25) is 0 Å². The molecule has 1 aromatic heterocycles. The highest BCUT2D eigenvalue weighted by Gasteiger charge is 2.37. The van der Waals surface area contributed by atoms with E-state index in [1.165, 1.54) is 19.0 Å². The van der Waals surface area contributed by atoms with Crippen molar-refractivity contribution in [1.29, 1.82) is 0 Å². The van der Waals surface area contributed by atoms with Crippen molar-refractivity contribution in [1.82, 2.24) is 19.0 Å². The molecule has 1 heterocycles. The van der Waals surface area contributed by atoms with Gasteiger partial charge in [0.05, 0.1) is 24.5 Å². The molecule has 1 aromatic rings. The first-order chi connectivity index (χ1) is 10.1. The van der Waals surface area contributed by atoms with Gasteiger partial charge in [0.25, 0.3) is 5.91 Å². The molecule has 0 saturated heterocycles. The average Bonchev–Trinajstić information content (AvgIpc) is 3.03. The van der Waals surface area contributed by atoms with Crippen molar-refractivity contribution < 1.29 is 14.7 Å². The van der Waals surface area contributed by atoms with E-state index < -0.39 is 5.97 Å². The fourth-order valence-corrected chi connectivity index (χ4v) is 3.09. The van der Waals surface area contributed by atoms with Crippen LogP contribution in [0.5, 0.6) is 0 Å². The topological polar surface area (TPSA) is 95.4 Å². The molecule has 0 atom stereocenters. The number of hydrogen-bond donors (Lipinski definition) is 2. The van der Waals surface area contributed by atoms with E-state index in [0.717, 1.165) is 31.1 Å². The predicted molar refractivity (Wildman–Crippen MR) is 76.1 cm³/mol. The molecule has 0 radical (unpaired) electrons. The molecule has 0 unspecified atom stereocenters. The SMILES string of the molecule is O=C(O)CN(CC1CC1)C1CC(NC(=O)c2cnsn2)C1. The Morgan fingerprint density at radius 2 is 2.19 bits per heavy atom. The summed E-state index contributed by atoms with van der Waals surface area (Å²) in [5.41, 5.74) is 0.351. The number of carboxylic acid groups (broad SMARTS) is 1. The maximum absolute atomic E-state index is 11.8. The molecule has 2 aliphatic rings. The lowest BCUT2D eigenvalue weighted by Gasteiger charge is -2.42. The molecule has 2 N–H and O–H groups in total. The number of carbonyl (C=O) groups is 2. The first kappa shape index (κ1) is 14.4. The minimum atomic E-state index is -0.781. The lowest BCUT2D eigenvalue weighted by atomic mass is 9.85. The smallest absolute Gasteiger partial charge is 0.317 e. The normalized spacial score (nSPS) is 24.6. The van der Waals surface area contributed by atoms with Gasteiger partial charge in [0.15, 0.2) is 5.69 Å². The molecule has 0 spiro atoms. The van der Waals surface area contributed by atoms with Crippen LogP contribution < -0.4 is 5.32 Å². The molecule has 0 aromatic carbocycles. The third-order valence-corrected chi connectivity index (χ3v) is 4.56. The van der Waals surface area contributed by atoms with E-state index in [0.29, 0.717) is 11.6 Å². The van der Waals surface area contributed by atoms with Gasteiger partial charge in [-0.2, -0.15) is 8.75 Å². The van der Waals surface area contributed by atoms with Gasteiger partial charge in [0.2, 0.25) is 0 Å². The number of hydrogen-bond acceptors (Lipinski definition) is 6. The van der Waals surface area contributed by atoms with Crippen molar-refractivity contribution in [3.63, 3.8) is 0 Å². The molecule has 21 heavy (non-hydrogen) atoms. The number of carboxylic acids is 1. The van der Waals surface area contributed by atoms with Crippen LogP contribution in [0, 0.1) is 5.92 Å². The Labute approximate surface area is 126 Å². The van der Waals surface area contributed by atoms with E-state index in [9.17, 15) is 9.59 Å². The molecule has 2 saturated carbocycles. The minimum absolute atomic E-state index is 0.0951. The van der Waals surface area contributed by atoms with E-state index in [-0.39, 0.29) is 24.5 Å². The first-order valence-electron chi connectivity index (χ1n) is 7.16. The van der Waals surface area contributed by atoms with Gasteiger partial charge in [0.1, 0.15) is 0 Å². The Hall–Kier alpha value is -1.54. The number of carbonyl (C=O) groups excluding carboxylic acids is 1.